The molecule has 1 aromatic carbocycles. The van der Waals surface area contributed by atoms with Crippen LogP contribution in [0.1, 0.15) is 24.5 Å². The van der Waals surface area contributed by atoms with Crippen LogP contribution in [0.2, 0.25) is 0 Å². The second-order valence-corrected chi connectivity index (χ2v) is 6.55. The van der Waals surface area contributed by atoms with Gasteiger partial charge in [-0.2, -0.15) is 4.31 Å². The molecule has 0 saturated heterocycles. The van der Waals surface area contributed by atoms with Crippen LogP contribution in [0.4, 0.5) is 0 Å². The van der Waals surface area contributed by atoms with Crippen LogP contribution >= 0.6 is 0 Å². The highest BCUT2D eigenvalue weighted by Gasteiger charge is 2.24. The van der Waals surface area contributed by atoms with E-state index in [1.54, 1.807) is 12.1 Å². The third-order valence-electron chi connectivity index (χ3n) is 3.36. The minimum atomic E-state index is -3.45. The normalized spacial score (nSPS) is 14.9. The van der Waals surface area contributed by atoms with Crippen molar-refractivity contribution in [2.24, 2.45) is 0 Å². The molecule has 5 nitrogen and oxygen atoms in total. The zero-order chi connectivity index (χ0) is 13.9. The summed E-state index contributed by atoms with van der Waals surface area (Å²) < 4.78 is 26.4. The zero-order valence-corrected chi connectivity index (χ0v) is 11.9. The van der Waals surface area contributed by atoms with Gasteiger partial charge in [-0.3, -0.25) is 0 Å². The van der Waals surface area contributed by atoms with Gasteiger partial charge in [0.1, 0.15) is 0 Å². The summed E-state index contributed by atoms with van der Waals surface area (Å²) in [6, 6.07) is 5.30. The molecule has 0 amide bonds. The number of nitrogens with one attached hydrogen (secondary N) is 1. The monoisotopic (exact) mass is 284 g/mol. The Labute approximate surface area is 114 Å². The highest BCUT2D eigenvalue weighted by atomic mass is 32.2. The Balaban J connectivity index is 2.27. The van der Waals surface area contributed by atoms with Crippen molar-refractivity contribution >= 4 is 10.0 Å². The van der Waals surface area contributed by atoms with E-state index in [0.29, 0.717) is 24.4 Å². The van der Waals surface area contributed by atoms with Gasteiger partial charge in [-0.15, -0.1) is 0 Å². The van der Waals surface area contributed by atoms with E-state index >= 15 is 0 Å². The lowest BCUT2D eigenvalue weighted by Gasteiger charge is -2.20. The molecule has 0 aliphatic carbocycles. The lowest BCUT2D eigenvalue weighted by Crippen LogP contribution is -2.32. The molecule has 0 radical (unpaired) electrons. The second kappa shape index (κ2) is 6.00. The minimum Gasteiger partial charge on any atom is -0.396 e. The molecule has 19 heavy (non-hydrogen) atoms. The van der Waals surface area contributed by atoms with Crippen molar-refractivity contribution in [3.63, 3.8) is 0 Å². The molecule has 0 atom stereocenters. The molecule has 2 N–H and O–H groups in total. The summed E-state index contributed by atoms with van der Waals surface area (Å²) in [6.07, 6.45) is 0.458. The molecule has 0 spiro atoms. The van der Waals surface area contributed by atoms with Crippen molar-refractivity contribution in [1.82, 2.24) is 9.62 Å². The van der Waals surface area contributed by atoms with Crippen LogP contribution in [-0.4, -0.2) is 37.5 Å². The zero-order valence-electron chi connectivity index (χ0n) is 11.1. The van der Waals surface area contributed by atoms with E-state index in [9.17, 15) is 8.42 Å². The van der Waals surface area contributed by atoms with Crippen LogP contribution in [-0.2, 0) is 23.1 Å². The fourth-order valence-electron chi connectivity index (χ4n) is 2.28. The first-order chi connectivity index (χ1) is 9.09. The van der Waals surface area contributed by atoms with E-state index in [1.807, 2.05) is 13.0 Å². The second-order valence-electron chi connectivity index (χ2n) is 4.61. The summed E-state index contributed by atoms with van der Waals surface area (Å²) in [4.78, 5) is 0.342. The fraction of sp³-hybridized carbons (Fsp3) is 0.538. The Morgan fingerprint density at radius 3 is 2.74 bits per heavy atom. The Morgan fingerprint density at radius 2 is 2.05 bits per heavy atom. The average molecular weight is 284 g/mol. The molecule has 0 saturated carbocycles. The molecule has 0 bridgehead atoms. The first kappa shape index (κ1) is 14.5. The summed E-state index contributed by atoms with van der Waals surface area (Å²) in [5.74, 6) is 0. The number of hydrogen-bond acceptors (Lipinski definition) is 4. The van der Waals surface area contributed by atoms with Gasteiger partial charge in [0.2, 0.25) is 10.0 Å². The van der Waals surface area contributed by atoms with Gasteiger partial charge in [-0.05, 0) is 29.7 Å². The topological polar surface area (TPSA) is 69.6 Å². The molecule has 0 aromatic heterocycles. The molecule has 1 aliphatic rings. The summed E-state index contributed by atoms with van der Waals surface area (Å²) >= 11 is 0. The van der Waals surface area contributed by atoms with Gasteiger partial charge in [0.05, 0.1) is 4.90 Å². The molecule has 6 heteroatoms. The average Bonchev–Trinajstić information content (AvgIpc) is 2.86. The summed E-state index contributed by atoms with van der Waals surface area (Å²) in [7, 11) is -3.45. The SMILES string of the molecule is CCN(CCCO)S(=O)(=O)c1ccc2c(c1)CNC2. The van der Waals surface area contributed by atoms with Gasteiger partial charge in [0, 0.05) is 32.8 Å². The lowest BCUT2D eigenvalue weighted by molar-refractivity contribution is 0.271. The van der Waals surface area contributed by atoms with E-state index in [-0.39, 0.29) is 6.61 Å². The van der Waals surface area contributed by atoms with Crippen molar-refractivity contribution < 1.29 is 13.5 Å². The third-order valence-corrected chi connectivity index (χ3v) is 5.34. The maximum atomic E-state index is 12.5. The molecule has 1 aromatic rings. The number of rotatable bonds is 6. The lowest BCUT2D eigenvalue weighted by atomic mass is 10.1. The highest BCUT2D eigenvalue weighted by molar-refractivity contribution is 7.89. The summed E-state index contributed by atoms with van der Waals surface area (Å²) in [6.45, 7) is 4.10. The molecule has 1 heterocycles. The Hall–Kier alpha value is -0.950. The highest BCUT2D eigenvalue weighted by Crippen LogP contribution is 2.22. The third kappa shape index (κ3) is 2.97. The molecule has 0 unspecified atom stereocenters. The van der Waals surface area contributed by atoms with E-state index in [2.05, 4.69) is 5.32 Å². The number of aliphatic hydroxyl groups is 1. The first-order valence-corrected chi connectivity index (χ1v) is 7.97. The smallest absolute Gasteiger partial charge is 0.243 e. The van der Waals surface area contributed by atoms with Crippen molar-refractivity contribution in [3.8, 4) is 0 Å². The first-order valence-electron chi connectivity index (χ1n) is 6.53. The Bertz CT molecular complexity index is 543. The van der Waals surface area contributed by atoms with Gasteiger partial charge < -0.3 is 10.4 Å². The van der Waals surface area contributed by atoms with Gasteiger partial charge in [-0.1, -0.05) is 13.0 Å². The molecule has 0 fully saturated rings. The van der Waals surface area contributed by atoms with Crippen LogP contribution in [0, 0.1) is 0 Å². The number of nitrogens with zero attached hydrogens (tertiary/aromatic N) is 1. The summed E-state index contributed by atoms with van der Waals surface area (Å²) in [5, 5.41) is 12.0. The Kier molecular flexibility index (Phi) is 4.57. The van der Waals surface area contributed by atoms with Crippen molar-refractivity contribution in [2.45, 2.75) is 31.3 Å². The maximum Gasteiger partial charge on any atom is 0.243 e. The van der Waals surface area contributed by atoms with E-state index < -0.39 is 10.0 Å². The van der Waals surface area contributed by atoms with Gasteiger partial charge in [-0.25, -0.2) is 8.42 Å². The molecule has 1 aliphatic heterocycles. The van der Waals surface area contributed by atoms with Gasteiger partial charge in [0.25, 0.3) is 0 Å². The van der Waals surface area contributed by atoms with Crippen LogP contribution in [0.25, 0.3) is 0 Å². The maximum absolute atomic E-state index is 12.5. The van der Waals surface area contributed by atoms with Crippen LogP contribution in [0.5, 0.6) is 0 Å². The van der Waals surface area contributed by atoms with Crippen molar-refractivity contribution in [3.05, 3.63) is 29.3 Å². The molecule has 106 valence electrons. The van der Waals surface area contributed by atoms with Crippen LogP contribution in [0.15, 0.2) is 23.1 Å². The van der Waals surface area contributed by atoms with E-state index in [1.165, 1.54) is 4.31 Å². The molecule has 2 rings (SSSR count). The van der Waals surface area contributed by atoms with E-state index in [4.69, 9.17) is 5.11 Å². The van der Waals surface area contributed by atoms with Crippen molar-refractivity contribution in [1.29, 1.82) is 0 Å². The van der Waals surface area contributed by atoms with Crippen LogP contribution < -0.4 is 5.32 Å². The van der Waals surface area contributed by atoms with E-state index in [0.717, 1.165) is 24.2 Å². The molecular formula is C13H20N2O3S. The number of hydrogen-bond donors (Lipinski definition) is 2. The van der Waals surface area contributed by atoms with Crippen molar-refractivity contribution in [2.75, 3.05) is 19.7 Å². The number of fused-ring (bicyclic) bond motifs is 1. The number of sulfonamides is 1. The largest absolute Gasteiger partial charge is 0.396 e. The van der Waals surface area contributed by atoms with Gasteiger partial charge >= 0.3 is 0 Å². The standard InChI is InChI=1S/C13H20N2O3S/c1-2-15(6-3-7-16)19(17,18)13-5-4-11-9-14-10-12(11)8-13/h4-5,8,14,16H,2-3,6-7,9-10H2,1H3. The minimum absolute atomic E-state index is 0.000127. The quantitative estimate of drug-likeness (QED) is 0.806. The number of aliphatic hydroxyl groups excluding tert-OH is 1. The predicted octanol–water partition coefficient (Wildman–Crippen LogP) is 0.683. The molecular weight excluding hydrogens is 264 g/mol. The predicted molar refractivity (Wildman–Crippen MR) is 73.1 cm³/mol. The fourth-order valence-corrected chi connectivity index (χ4v) is 3.81. The number of benzene rings is 1. The van der Waals surface area contributed by atoms with Gasteiger partial charge in [0.15, 0.2) is 0 Å². The Morgan fingerprint density at radius 1 is 1.32 bits per heavy atom. The summed E-state index contributed by atoms with van der Waals surface area (Å²) in [5.41, 5.74) is 2.22. The van der Waals surface area contributed by atoms with Crippen LogP contribution in [0.3, 0.4) is 0 Å².